The summed E-state index contributed by atoms with van der Waals surface area (Å²) in [4.78, 5) is 10.9. The number of thiocarbonyl (C=S) groups is 1. The van der Waals surface area contributed by atoms with Crippen molar-refractivity contribution in [2.24, 2.45) is 0 Å². The van der Waals surface area contributed by atoms with Crippen molar-refractivity contribution < 1.29 is 0 Å². The molecular weight excluding hydrogens is 330 g/mol. The summed E-state index contributed by atoms with van der Waals surface area (Å²) >= 11 is 5.40. The maximum absolute atomic E-state index is 5.40. The predicted octanol–water partition coefficient (Wildman–Crippen LogP) is 3.47. The number of hydrogen-bond acceptors (Lipinski definition) is 4. The molecule has 1 fully saturated rings. The Labute approximate surface area is 154 Å². The molecule has 1 aliphatic heterocycles. The third kappa shape index (κ3) is 4.76. The van der Waals surface area contributed by atoms with Gasteiger partial charge < -0.3 is 15.5 Å². The minimum absolute atomic E-state index is 0.372. The molecule has 3 rings (SSSR count). The van der Waals surface area contributed by atoms with E-state index in [-0.39, 0.29) is 0 Å². The zero-order chi connectivity index (χ0) is 17.6. The molecule has 1 saturated heterocycles. The molecule has 0 aliphatic carbocycles. The molecule has 1 aliphatic rings. The van der Waals surface area contributed by atoms with Crippen molar-refractivity contribution in [3.8, 4) is 0 Å². The molecule has 0 amide bonds. The second kappa shape index (κ2) is 8.07. The average molecular weight is 353 g/mol. The van der Waals surface area contributed by atoms with E-state index in [0.717, 1.165) is 48.6 Å². The Morgan fingerprint density at radius 2 is 2.08 bits per heavy atom. The molecule has 3 heterocycles. The van der Waals surface area contributed by atoms with Crippen molar-refractivity contribution >= 4 is 34.4 Å². The van der Waals surface area contributed by atoms with E-state index in [1.54, 1.807) is 12.4 Å². The summed E-state index contributed by atoms with van der Waals surface area (Å²) in [5.74, 6) is 1.02. The molecule has 2 aromatic rings. The summed E-state index contributed by atoms with van der Waals surface area (Å²) in [6.07, 6.45) is 7.41. The Balaban J connectivity index is 1.51. The Morgan fingerprint density at radius 3 is 2.76 bits per heavy atom. The van der Waals surface area contributed by atoms with Crippen LogP contribution in [0, 0.1) is 0 Å². The van der Waals surface area contributed by atoms with Crippen molar-refractivity contribution in [3.05, 3.63) is 55.0 Å². The summed E-state index contributed by atoms with van der Waals surface area (Å²) < 4.78 is 0. The van der Waals surface area contributed by atoms with Gasteiger partial charge in [-0.15, -0.1) is 0 Å². The van der Waals surface area contributed by atoms with Crippen molar-refractivity contribution in [3.63, 3.8) is 0 Å². The minimum atomic E-state index is 0.372. The van der Waals surface area contributed by atoms with Crippen molar-refractivity contribution in [2.75, 3.05) is 23.3 Å². The monoisotopic (exact) mass is 353 g/mol. The number of nitrogens with one attached hydrogen (secondary N) is 2. The van der Waals surface area contributed by atoms with Gasteiger partial charge in [0.15, 0.2) is 5.11 Å². The predicted molar refractivity (Wildman–Crippen MR) is 108 cm³/mol. The molecule has 2 N–H and O–H groups in total. The molecule has 6 heteroatoms. The number of rotatable bonds is 4. The van der Waals surface area contributed by atoms with Gasteiger partial charge >= 0.3 is 0 Å². The van der Waals surface area contributed by atoms with E-state index in [2.05, 4.69) is 38.1 Å². The molecule has 0 saturated carbocycles. The Hall–Kier alpha value is -2.47. The highest BCUT2D eigenvalue weighted by atomic mass is 32.1. The van der Waals surface area contributed by atoms with Crippen LogP contribution in [-0.2, 0) is 0 Å². The van der Waals surface area contributed by atoms with Gasteiger partial charge in [0.2, 0.25) is 0 Å². The third-order valence-corrected chi connectivity index (χ3v) is 4.53. The first kappa shape index (κ1) is 17.4. The molecular formula is C19H23N5S. The van der Waals surface area contributed by atoms with Crippen LogP contribution in [0.4, 0.5) is 11.5 Å². The van der Waals surface area contributed by atoms with Gasteiger partial charge in [-0.2, -0.15) is 0 Å². The number of allylic oxidation sites excluding steroid dienone is 1. The van der Waals surface area contributed by atoms with E-state index in [9.17, 15) is 0 Å². The summed E-state index contributed by atoms with van der Waals surface area (Å²) in [6, 6.07) is 8.32. The van der Waals surface area contributed by atoms with Gasteiger partial charge in [-0.05, 0) is 61.8 Å². The van der Waals surface area contributed by atoms with Crippen LogP contribution in [0.25, 0.3) is 5.57 Å². The molecule has 0 aromatic carbocycles. The fourth-order valence-corrected chi connectivity index (χ4v) is 3.18. The summed E-state index contributed by atoms with van der Waals surface area (Å²) in [7, 11) is 0. The maximum atomic E-state index is 5.40. The van der Waals surface area contributed by atoms with Gasteiger partial charge in [-0.25, -0.2) is 4.98 Å². The van der Waals surface area contributed by atoms with Crippen LogP contribution < -0.4 is 15.5 Å². The van der Waals surface area contributed by atoms with Crippen LogP contribution in [0.1, 0.15) is 25.3 Å². The number of aromatic nitrogens is 2. The maximum Gasteiger partial charge on any atom is 0.171 e. The standard InChI is InChI=1S/C19H23N5S/c1-14(2)15-5-9-21-18(12-15)24-10-6-16(7-11-24)22-19(25)23-17-4-3-8-20-13-17/h3-5,8-9,12-13,16H,1,6-7,10-11H2,2H3,(H2,22,23,25). The highest BCUT2D eigenvalue weighted by Crippen LogP contribution is 2.21. The summed E-state index contributed by atoms with van der Waals surface area (Å²) in [5.41, 5.74) is 3.11. The van der Waals surface area contributed by atoms with Crippen LogP contribution in [0.5, 0.6) is 0 Å². The lowest BCUT2D eigenvalue weighted by atomic mass is 10.0. The molecule has 130 valence electrons. The fourth-order valence-electron chi connectivity index (χ4n) is 2.90. The number of pyridine rings is 2. The minimum Gasteiger partial charge on any atom is -0.360 e. The molecule has 2 aromatic heterocycles. The van der Waals surface area contributed by atoms with E-state index in [1.165, 1.54) is 0 Å². The fraction of sp³-hybridized carbons (Fsp3) is 0.316. The van der Waals surface area contributed by atoms with Crippen molar-refractivity contribution in [2.45, 2.75) is 25.8 Å². The van der Waals surface area contributed by atoms with Gasteiger partial charge in [0.05, 0.1) is 11.9 Å². The number of anilines is 2. The van der Waals surface area contributed by atoms with Gasteiger partial charge in [-0.3, -0.25) is 4.98 Å². The van der Waals surface area contributed by atoms with Crippen LogP contribution in [0.3, 0.4) is 0 Å². The molecule has 5 nitrogen and oxygen atoms in total. The second-order valence-corrected chi connectivity index (χ2v) is 6.69. The number of hydrogen-bond donors (Lipinski definition) is 2. The van der Waals surface area contributed by atoms with E-state index in [1.807, 2.05) is 31.3 Å². The zero-order valence-electron chi connectivity index (χ0n) is 14.4. The highest BCUT2D eigenvalue weighted by molar-refractivity contribution is 7.80. The van der Waals surface area contributed by atoms with Crippen LogP contribution in [0.2, 0.25) is 0 Å². The smallest absolute Gasteiger partial charge is 0.171 e. The molecule has 0 spiro atoms. The van der Waals surface area contributed by atoms with Crippen molar-refractivity contribution in [1.29, 1.82) is 0 Å². The van der Waals surface area contributed by atoms with E-state index in [4.69, 9.17) is 12.2 Å². The molecule has 0 bridgehead atoms. The molecule has 25 heavy (non-hydrogen) atoms. The third-order valence-electron chi connectivity index (χ3n) is 4.31. The SMILES string of the molecule is C=C(C)c1ccnc(N2CCC(NC(=S)Nc3cccnc3)CC2)c1. The van der Waals surface area contributed by atoms with Gasteiger partial charge in [-0.1, -0.05) is 12.2 Å². The first-order valence-corrected chi connectivity index (χ1v) is 8.87. The molecule has 0 radical (unpaired) electrons. The summed E-state index contributed by atoms with van der Waals surface area (Å²) in [6.45, 7) is 7.94. The van der Waals surface area contributed by atoms with E-state index in [0.29, 0.717) is 11.2 Å². The Bertz CT molecular complexity index is 738. The van der Waals surface area contributed by atoms with Crippen LogP contribution in [-0.4, -0.2) is 34.2 Å². The Kier molecular flexibility index (Phi) is 5.60. The van der Waals surface area contributed by atoms with E-state index < -0.39 is 0 Å². The lowest BCUT2D eigenvalue weighted by Crippen LogP contribution is -2.46. The normalized spacial score (nSPS) is 14.8. The lowest BCUT2D eigenvalue weighted by molar-refractivity contribution is 0.466. The largest absolute Gasteiger partial charge is 0.360 e. The summed E-state index contributed by atoms with van der Waals surface area (Å²) in [5, 5.41) is 7.22. The van der Waals surface area contributed by atoms with Gasteiger partial charge in [0, 0.05) is 31.5 Å². The quantitative estimate of drug-likeness (QED) is 0.821. The molecule has 0 unspecified atom stereocenters. The van der Waals surface area contributed by atoms with Crippen LogP contribution >= 0.6 is 12.2 Å². The molecule has 0 atom stereocenters. The number of piperidine rings is 1. The van der Waals surface area contributed by atoms with Gasteiger partial charge in [0.25, 0.3) is 0 Å². The van der Waals surface area contributed by atoms with E-state index >= 15 is 0 Å². The van der Waals surface area contributed by atoms with Crippen molar-refractivity contribution in [1.82, 2.24) is 15.3 Å². The first-order valence-electron chi connectivity index (χ1n) is 8.46. The second-order valence-electron chi connectivity index (χ2n) is 6.28. The highest BCUT2D eigenvalue weighted by Gasteiger charge is 2.20. The van der Waals surface area contributed by atoms with Crippen LogP contribution in [0.15, 0.2) is 49.4 Å². The topological polar surface area (TPSA) is 53.1 Å². The average Bonchev–Trinajstić information content (AvgIpc) is 2.63. The Morgan fingerprint density at radius 1 is 1.28 bits per heavy atom. The van der Waals surface area contributed by atoms with Gasteiger partial charge in [0.1, 0.15) is 5.82 Å². The first-order chi connectivity index (χ1) is 12.1. The lowest BCUT2D eigenvalue weighted by Gasteiger charge is -2.33. The zero-order valence-corrected chi connectivity index (χ0v) is 15.2. The number of nitrogens with zero attached hydrogens (tertiary/aromatic N) is 3.